The summed E-state index contributed by atoms with van der Waals surface area (Å²) in [7, 11) is -4.98. The van der Waals surface area contributed by atoms with Crippen molar-refractivity contribution in [1.82, 2.24) is 43.8 Å². The number of ether oxygens (including phenoxy) is 3. The van der Waals surface area contributed by atoms with Crippen LogP contribution in [0.3, 0.4) is 0 Å². The van der Waals surface area contributed by atoms with Gasteiger partial charge in [-0.05, 0) is 11.8 Å². The molecular weight excluding hydrogens is 735 g/mol. The number of alkyl halides is 4. The molecule has 0 amide bonds. The van der Waals surface area contributed by atoms with Gasteiger partial charge in [-0.3, -0.25) is 23.4 Å². The number of fused-ring (bicyclic) bond motifs is 5. The largest absolute Gasteiger partial charge is 0.411 e. The van der Waals surface area contributed by atoms with Crippen molar-refractivity contribution in [2.75, 3.05) is 25.5 Å². The molecule has 1 unspecified atom stereocenters. The van der Waals surface area contributed by atoms with E-state index in [0.29, 0.717) is 0 Å². The average molecular weight is 759 g/mol. The quantitative estimate of drug-likeness (QED) is 0.151. The topological polar surface area (TPSA) is 255 Å². The SMILES string of the molecule is Nc1nc2c(ncn2[C@@H]2O[C@@H]3COP(O)(=S)O[C@H]4[C@@H](F)[C@H](n5cnc6cncnc65)O[C@@H]4CNS(=O)(=O)O[C@@H]2[C@@H]3OCC(F)(F)F)c(=O)[nH]1. The Morgan fingerprint density at radius 2 is 1.86 bits per heavy atom. The number of nitrogens with zero attached hydrogens (tertiary/aromatic N) is 7. The third-order valence-electron chi connectivity index (χ3n) is 7.59. The van der Waals surface area contributed by atoms with Crippen LogP contribution in [-0.4, -0.2) is 115 Å². The fourth-order valence-corrected chi connectivity index (χ4v) is 7.96. The Labute approximate surface area is 275 Å². The van der Waals surface area contributed by atoms with Crippen molar-refractivity contribution in [2.45, 2.75) is 55.3 Å². The Bertz CT molecular complexity index is 2100. The highest BCUT2D eigenvalue weighted by Crippen LogP contribution is 2.51. The van der Waals surface area contributed by atoms with E-state index in [9.17, 15) is 31.3 Å². The van der Waals surface area contributed by atoms with E-state index >= 15 is 4.39 Å². The normalized spacial score (nSPS) is 34.0. The van der Waals surface area contributed by atoms with E-state index in [0.717, 1.165) is 10.9 Å². The van der Waals surface area contributed by atoms with Crippen LogP contribution in [-0.2, 0) is 49.6 Å². The number of H-pyrrole nitrogens is 1. The summed E-state index contributed by atoms with van der Waals surface area (Å²) in [5.74, 6) is -0.374. The molecule has 0 radical (unpaired) electrons. The third kappa shape index (κ3) is 6.77. The number of rotatable bonds is 4. The van der Waals surface area contributed by atoms with Gasteiger partial charge in [-0.25, -0.2) is 28.5 Å². The highest BCUT2D eigenvalue weighted by molar-refractivity contribution is 8.07. The Morgan fingerprint density at radius 1 is 1.12 bits per heavy atom. The van der Waals surface area contributed by atoms with Crippen molar-refractivity contribution in [1.29, 1.82) is 0 Å². The van der Waals surface area contributed by atoms with Gasteiger partial charge in [-0.15, -0.1) is 0 Å². The minimum Gasteiger partial charge on any atom is -0.369 e. The number of anilines is 1. The molecule has 0 aliphatic carbocycles. The molecule has 49 heavy (non-hydrogen) atoms. The van der Waals surface area contributed by atoms with Crippen LogP contribution >= 0.6 is 6.72 Å². The van der Waals surface area contributed by atoms with Crippen LogP contribution in [0.4, 0.5) is 23.5 Å². The summed E-state index contributed by atoms with van der Waals surface area (Å²) in [4.78, 5) is 45.5. The van der Waals surface area contributed by atoms with Crippen molar-refractivity contribution >= 4 is 57.1 Å². The molecule has 3 saturated heterocycles. The van der Waals surface area contributed by atoms with Gasteiger partial charge in [0.1, 0.15) is 42.9 Å². The molecule has 0 saturated carbocycles. The standard InChI is InChI=1S/C22H23F4N10O10PS2/c23-11-13-9(43-19(11)35-6-30-8-1-28-5-29-16(8)35)2-32-49(39,40)46-15-14(41-4-22(24,25)26)10(3-42-47(38,48)45-13)44-20(15)36-7-31-12-17(36)33-21(27)34-18(12)37/h1,5-7,9-11,13-15,19-20,32H,2-4H2,(H,38,48)(H3,27,33,34,37)/t9-,10-,11-,13-,14-,15-,19-,20-,47?/m1/s1. The van der Waals surface area contributed by atoms with Crippen LogP contribution in [0, 0.1) is 0 Å². The van der Waals surface area contributed by atoms with E-state index in [1.165, 1.54) is 23.4 Å². The van der Waals surface area contributed by atoms with E-state index in [1.807, 2.05) is 0 Å². The molecule has 0 spiro atoms. The molecule has 3 aliphatic heterocycles. The van der Waals surface area contributed by atoms with E-state index in [-0.39, 0.29) is 28.3 Å². The van der Waals surface area contributed by atoms with E-state index < -0.39 is 97.7 Å². The Hall–Kier alpha value is -3.30. The second-order valence-electron chi connectivity index (χ2n) is 10.8. The van der Waals surface area contributed by atoms with Gasteiger partial charge in [0.05, 0.1) is 25.5 Å². The lowest BCUT2D eigenvalue weighted by molar-refractivity contribution is -0.195. The molecule has 20 nitrogen and oxygen atoms in total. The van der Waals surface area contributed by atoms with Gasteiger partial charge < -0.3 is 29.4 Å². The number of hydrogen-bond donors (Lipinski definition) is 4. The second kappa shape index (κ2) is 12.5. The Balaban J connectivity index is 1.24. The molecule has 7 rings (SSSR count). The fourth-order valence-electron chi connectivity index (χ4n) is 5.59. The highest BCUT2D eigenvalue weighted by atomic mass is 32.5. The van der Waals surface area contributed by atoms with E-state index in [1.54, 1.807) is 0 Å². The molecular formula is C22H23F4N10O10PS2. The van der Waals surface area contributed by atoms with Crippen LogP contribution in [0.25, 0.3) is 22.3 Å². The van der Waals surface area contributed by atoms with Gasteiger partial charge in [0.25, 0.3) is 5.56 Å². The molecule has 27 heteroatoms. The van der Waals surface area contributed by atoms with Gasteiger partial charge in [0, 0.05) is 6.54 Å². The van der Waals surface area contributed by atoms with Crippen molar-refractivity contribution in [3.05, 3.63) is 35.5 Å². The maximum atomic E-state index is 16.0. The highest BCUT2D eigenvalue weighted by Gasteiger charge is 2.54. The minimum absolute atomic E-state index is 0.162. The van der Waals surface area contributed by atoms with Gasteiger partial charge in [-0.1, -0.05) is 0 Å². The predicted octanol–water partition coefficient (Wildman–Crippen LogP) is -0.526. The summed E-state index contributed by atoms with van der Waals surface area (Å²) in [6.07, 6.45) is -14.2. The molecule has 266 valence electrons. The molecule has 9 atom stereocenters. The molecule has 0 aromatic carbocycles. The number of nitrogens with one attached hydrogen (secondary N) is 2. The molecule has 4 aromatic heterocycles. The summed E-state index contributed by atoms with van der Waals surface area (Å²) >= 11 is 5.11. The smallest absolute Gasteiger partial charge is 0.369 e. The zero-order chi connectivity index (χ0) is 34.9. The molecule has 4 aromatic rings. The zero-order valence-electron chi connectivity index (χ0n) is 24.2. The molecule has 3 aliphatic rings. The predicted molar refractivity (Wildman–Crippen MR) is 156 cm³/mol. The summed E-state index contributed by atoms with van der Waals surface area (Å²) in [5, 5.41) is 0. The first-order valence-electron chi connectivity index (χ1n) is 13.9. The maximum absolute atomic E-state index is 16.0. The minimum atomic E-state index is -4.98. The maximum Gasteiger partial charge on any atom is 0.411 e. The number of imidazole rings is 2. The molecule has 2 bridgehead atoms. The average Bonchev–Trinajstić information content (AvgIpc) is 3.78. The number of nitrogen functional groups attached to an aromatic ring is 1. The number of halogens is 4. The van der Waals surface area contributed by atoms with Gasteiger partial charge in [0.2, 0.25) is 5.95 Å². The first-order valence-corrected chi connectivity index (χ1v) is 17.9. The van der Waals surface area contributed by atoms with Gasteiger partial charge >= 0.3 is 23.2 Å². The number of hydrogen-bond acceptors (Lipinski definition) is 16. The van der Waals surface area contributed by atoms with Crippen molar-refractivity contribution < 1.29 is 58.3 Å². The van der Waals surface area contributed by atoms with E-state index in [2.05, 4.69) is 34.6 Å². The van der Waals surface area contributed by atoms with Gasteiger partial charge in [-0.2, -0.15) is 31.3 Å². The Kier molecular flexibility index (Phi) is 8.70. The Morgan fingerprint density at radius 3 is 2.63 bits per heavy atom. The molecule has 5 N–H and O–H groups in total. The first-order chi connectivity index (χ1) is 23.1. The van der Waals surface area contributed by atoms with Crippen molar-refractivity contribution in [2.24, 2.45) is 0 Å². The summed E-state index contributed by atoms with van der Waals surface area (Å²) in [6.45, 7) is -8.02. The van der Waals surface area contributed by atoms with Crippen LogP contribution in [0.2, 0.25) is 0 Å². The number of nitrogens with two attached hydrogens (primary N) is 1. The van der Waals surface area contributed by atoms with Crippen molar-refractivity contribution in [3.8, 4) is 0 Å². The molecule has 7 heterocycles. The third-order valence-corrected chi connectivity index (χ3v) is 10.1. The number of aromatic nitrogens is 8. The summed E-state index contributed by atoms with van der Waals surface area (Å²) < 4.78 is 120. The van der Waals surface area contributed by atoms with Crippen LogP contribution in [0.15, 0.2) is 30.0 Å². The van der Waals surface area contributed by atoms with E-state index in [4.69, 9.17) is 45.0 Å². The van der Waals surface area contributed by atoms with Crippen LogP contribution in [0.5, 0.6) is 0 Å². The lowest BCUT2D eigenvalue weighted by Gasteiger charge is -2.26. The zero-order valence-corrected chi connectivity index (χ0v) is 26.7. The fraction of sp³-hybridized carbons (Fsp3) is 0.545. The first kappa shape index (κ1) is 34.2. The summed E-state index contributed by atoms with van der Waals surface area (Å²) in [5.41, 5.74) is 4.78. The number of aromatic amines is 1. The van der Waals surface area contributed by atoms with Gasteiger partial charge in [0.15, 0.2) is 41.5 Å². The second-order valence-corrected chi connectivity index (χ2v) is 15.0. The monoisotopic (exact) mass is 758 g/mol. The summed E-state index contributed by atoms with van der Waals surface area (Å²) in [6, 6.07) is 0. The molecule has 3 fully saturated rings. The lowest BCUT2D eigenvalue weighted by atomic mass is 10.1. The van der Waals surface area contributed by atoms with Crippen LogP contribution < -0.4 is 16.0 Å². The van der Waals surface area contributed by atoms with Crippen molar-refractivity contribution in [3.63, 3.8) is 0 Å². The van der Waals surface area contributed by atoms with Crippen LogP contribution in [0.1, 0.15) is 12.5 Å². The lowest BCUT2D eigenvalue weighted by Crippen LogP contribution is -2.45.